The van der Waals surface area contributed by atoms with Gasteiger partial charge < -0.3 is 9.80 Å². The summed E-state index contributed by atoms with van der Waals surface area (Å²) in [5, 5.41) is 0.780. The highest BCUT2D eigenvalue weighted by molar-refractivity contribution is 7.85. The van der Waals surface area contributed by atoms with Crippen molar-refractivity contribution in [1.82, 2.24) is 4.90 Å². The first-order valence-corrected chi connectivity index (χ1v) is 10.3. The minimum absolute atomic E-state index is 0.610. The Kier molecular flexibility index (Phi) is 4.71. The normalized spacial score (nSPS) is 20.8. The van der Waals surface area contributed by atoms with Gasteiger partial charge in [-0.05, 0) is 42.0 Å². The van der Waals surface area contributed by atoms with Crippen LogP contribution in [0, 0.1) is 0 Å². The van der Waals surface area contributed by atoms with Crippen molar-refractivity contribution < 1.29 is 4.21 Å². The number of piperazine rings is 1. The van der Waals surface area contributed by atoms with Gasteiger partial charge in [-0.25, -0.2) is 0 Å². The summed E-state index contributed by atoms with van der Waals surface area (Å²) in [4.78, 5) is 7.93. The van der Waals surface area contributed by atoms with Crippen molar-refractivity contribution in [2.45, 2.75) is 11.4 Å². The van der Waals surface area contributed by atoms with E-state index in [-0.39, 0.29) is 0 Å². The van der Waals surface area contributed by atoms with Gasteiger partial charge in [-0.2, -0.15) is 0 Å². The van der Waals surface area contributed by atoms with Crippen LogP contribution in [0.3, 0.4) is 0 Å². The molecule has 2 aliphatic rings. The largest absolute Gasteiger partial charge is 0.369 e. The topological polar surface area (TPSA) is 26.8 Å². The van der Waals surface area contributed by atoms with Gasteiger partial charge in [-0.15, -0.1) is 0 Å². The zero-order valence-corrected chi connectivity index (χ0v) is 15.9. The van der Waals surface area contributed by atoms with Gasteiger partial charge in [0.15, 0.2) is 0 Å². The average Bonchev–Trinajstić information content (AvgIpc) is 2.90. The summed E-state index contributed by atoms with van der Waals surface area (Å²) in [6, 6.07) is 14.5. The lowest BCUT2D eigenvalue weighted by Crippen LogP contribution is -2.45. The highest BCUT2D eigenvalue weighted by atomic mass is 35.5. The predicted octanol–water partition coefficient (Wildman–Crippen LogP) is 3.18. The van der Waals surface area contributed by atoms with E-state index in [0.29, 0.717) is 5.88 Å². The molecule has 0 bridgehead atoms. The van der Waals surface area contributed by atoms with Crippen molar-refractivity contribution in [2.24, 2.45) is 0 Å². The highest BCUT2D eigenvalue weighted by Crippen LogP contribution is 2.31. The van der Waals surface area contributed by atoms with E-state index in [1.165, 1.54) is 11.3 Å². The third-order valence-corrected chi connectivity index (χ3v) is 6.65. The van der Waals surface area contributed by atoms with E-state index in [1.807, 2.05) is 19.2 Å². The molecule has 2 aromatic carbocycles. The molecule has 1 unspecified atom stereocenters. The Morgan fingerprint density at radius 2 is 1.76 bits per heavy atom. The zero-order valence-electron chi connectivity index (χ0n) is 14.3. The standard InChI is InChI=1S/C19H22ClN3OS/c1-21-14-25(24)19-12-15(2-7-18(19)21)13-22-8-10-23(11-9-22)17-5-3-16(20)4-6-17/h2-7,12H,8-11,13-14H2,1H3. The van der Waals surface area contributed by atoms with Crippen LogP contribution in [0.25, 0.3) is 0 Å². The molecular weight excluding hydrogens is 354 g/mol. The molecule has 1 atom stereocenters. The van der Waals surface area contributed by atoms with Crippen molar-refractivity contribution >= 4 is 33.8 Å². The summed E-state index contributed by atoms with van der Waals surface area (Å²) in [5.74, 6) is 0.610. The molecule has 0 saturated carbocycles. The summed E-state index contributed by atoms with van der Waals surface area (Å²) in [7, 11) is 1.11. The van der Waals surface area contributed by atoms with E-state index in [2.05, 4.69) is 45.0 Å². The lowest BCUT2D eigenvalue weighted by molar-refractivity contribution is 0.250. The Bertz CT molecular complexity index is 788. The average molecular weight is 376 g/mol. The van der Waals surface area contributed by atoms with Gasteiger partial charge >= 0.3 is 0 Å². The first-order valence-electron chi connectivity index (χ1n) is 8.55. The maximum absolute atomic E-state index is 12.2. The third-order valence-electron chi connectivity index (χ3n) is 4.96. The minimum Gasteiger partial charge on any atom is -0.369 e. The maximum atomic E-state index is 12.2. The lowest BCUT2D eigenvalue weighted by atomic mass is 10.1. The Morgan fingerprint density at radius 3 is 2.48 bits per heavy atom. The molecule has 0 aromatic heterocycles. The summed E-state index contributed by atoms with van der Waals surface area (Å²) < 4.78 is 12.2. The Morgan fingerprint density at radius 1 is 1.04 bits per heavy atom. The van der Waals surface area contributed by atoms with Gasteiger partial charge in [-0.1, -0.05) is 17.7 Å². The molecule has 2 aromatic rings. The SMILES string of the molecule is CN1CS(=O)c2cc(CN3CCN(c4ccc(Cl)cc4)CC3)ccc21. The molecule has 4 nitrogen and oxygen atoms in total. The van der Waals surface area contributed by atoms with Crippen LogP contribution in [-0.2, 0) is 17.3 Å². The van der Waals surface area contributed by atoms with Crippen LogP contribution < -0.4 is 9.80 Å². The molecule has 4 rings (SSSR count). The summed E-state index contributed by atoms with van der Waals surface area (Å²) in [6.07, 6.45) is 0. The Hall–Kier alpha value is -1.56. The van der Waals surface area contributed by atoms with Gasteiger partial charge in [0.05, 0.1) is 27.3 Å². The number of hydrogen-bond acceptors (Lipinski definition) is 4. The van der Waals surface area contributed by atoms with E-state index in [4.69, 9.17) is 11.6 Å². The van der Waals surface area contributed by atoms with Crippen LogP contribution in [0.15, 0.2) is 47.4 Å². The smallest absolute Gasteiger partial charge is 0.0982 e. The highest BCUT2D eigenvalue weighted by Gasteiger charge is 2.23. The molecule has 0 aliphatic carbocycles. The van der Waals surface area contributed by atoms with Gasteiger partial charge in [-0.3, -0.25) is 9.11 Å². The molecule has 1 fully saturated rings. The molecule has 0 N–H and O–H groups in total. The van der Waals surface area contributed by atoms with Gasteiger partial charge in [0.2, 0.25) is 0 Å². The summed E-state index contributed by atoms with van der Waals surface area (Å²) in [5.41, 5.74) is 3.59. The van der Waals surface area contributed by atoms with Crippen molar-refractivity contribution in [2.75, 3.05) is 48.9 Å². The molecule has 2 heterocycles. The Labute approximate surface area is 156 Å². The van der Waals surface area contributed by atoms with Crippen molar-refractivity contribution in [3.05, 3.63) is 53.1 Å². The molecule has 1 saturated heterocycles. The quantitative estimate of drug-likeness (QED) is 0.823. The van der Waals surface area contributed by atoms with Crippen LogP contribution in [0.2, 0.25) is 5.02 Å². The molecule has 6 heteroatoms. The number of hydrogen-bond donors (Lipinski definition) is 0. The number of fused-ring (bicyclic) bond motifs is 1. The van der Waals surface area contributed by atoms with Gasteiger partial charge in [0.25, 0.3) is 0 Å². The van der Waals surface area contributed by atoms with Crippen LogP contribution in [0.4, 0.5) is 11.4 Å². The fourth-order valence-electron chi connectivity index (χ4n) is 3.54. The van der Waals surface area contributed by atoms with Crippen molar-refractivity contribution in [3.8, 4) is 0 Å². The van der Waals surface area contributed by atoms with Crippen LogP contribution in [0.1, 0.15) is 5.56 Å². The number of nitrogens with zero attached hydrogens (tertiary/aromatic N) is 3. The monoisotopic (exact) mass is 375 g/mol. The fraction of sp³-hybridized carbons (Fsp3) is 0.368. The second kappa shape index (κ2) is 6.98. The molecule has 0 radical (unpaired) electrons. The van der Waals surface area contributed by atoms with Gasteiger partial charge in [0.1, 0.15) is 0 Å². The zero-order chi connectivity index (χ0) is 17.4. The summed E-state index contributed by atoms with van der Waals surface area (Å²) >= 11 is 5.97. The number of halogens is 1. The van der Waals surface area contributed by atoms with E-state index in [0.717, 1.165) is 48.3 Å². The molecule has 0 amide bonds. The second-order valence-corrected chi connectivity index (χ2v) is 8.54. The van der Waals surface area contributed by atoms with Crippen molar-refractivity contribution in [1.29, 1.82) is 0 Å². The van der Waals surface area contributed by atoms with E-state index >= 15 is 0 Å². The molecule has 25 heavy (non-hydrogen) atoms. The van der Waals surface area contributed by atoms with Crippen molar-refractivity contribution in [3.63, 3.8) is 0 Å². The third kappa shape index (κ3) is 3.54. The van der Waals surface area contributed by atoms with Gasteiger partial charge in [0, 0.05) is 50.5 Å². The molecular formula is C19H22ClN3OS. The molecule has 2 aliphatic heterocycles. The number of rotatable bonds is 3. The van der Waals surface area contributed by atoms with E-state index in [9.17, 15) is 4.21 Å². The first kappa shape index (κ1) is 16.9. The first-order chi connectivity index (χ1) is 12.1. The van der Waals surface area contributed by atoms with Crippen LogP contribution in [0.5, 0.6) is 0 Å². The predicted molar refractivity (Wildman–Crippen MR) is 105 cm³/mol. The minimum atomic E-state index is -0.889. The Balaban J connectivity index is 1.38. The van der Waals surface area contributed by atoms with Crippen LogP contribution >= 0.6 is 11.6 Å². The number of benzene rings is 2. The van der Waals surface area contributed by atoms with E-state index < -0.39 is 10.8 Å². The molecule has 132 valence electrons. The maximum Gasteiger partial charge on any atom is 0.0982 e. The number of anilines is 2. The van der Waals surface area contributed by atoms with E-state index in [1.54, 1.807) is 0 Å². The fourth-order valence-corrected chi connectivity index (χ4v) is 5.04. The molecule has 0 spiro atoms. The lowest BCUT2D eigenvalue weighted by Gasteiger charge is -2.36. The summed E-state index contributed by atoms with van der Waals surface area (Å²) in [6.45, 7) is 5.01. The van der Waals surface area contributed by atoms with Crippen LogP contribution in [-0.4, -0.2) is 48.2 Å². The second-order valence-electron chi connectivity index (χ2n) is 6.71.